The average molecular weight is 423 g/mol. The lowest BCUT2D eigenvalue weighted by Gasteiger charge is -2.30. The molecular formula is C25H42O3S. The van der Waals surface area contributed by atoms with Crippen LogP contribution < -0.4 is 0 Å². The van der Waals surface area contributed by atoms with Crippen LogP contribution in [0.1, 0.15) is 111 Å². The molecule has 1 aromatic carbocycles. The normalized spacial score (nSPS) is 14.6. The zero-order valence-electron chi connectivity index (χ0n) is 19.8. The third-order valence-electron chi connectivity index (χ3n) is 5.70. The molecule has 0 fully saturated rings. The van der Waals surface area contributed by atoms with Gasteiger partial charge in [-0.05, 0) is 40.4 Å². The number of hydrogen-bond donors (Lipinski definition) is 2. The van der Waals surface area contributed by atoms with E-state index in [1.54, 1.807) is 11.8 Å². The highest BCUT2D eigenvalue weighted by Crippen LogP contribution is 2.42. The largest absolute Gasteiger partial charge is 0.507 e. The van der Waals surface area contributed by atoms with Crippen LogP contribution in [0.25, 0.3) is 0 Å². The van der Waals surface area contributed by atoms with Gasteiger partial charge in [-0.2, -0.15) is 0 Å². The number of carboxylic acids is 1. The number of phenolic OH excluding ortho intramolecular Hbond substituents is 1. The fraction of sp³-hybridized carbons (Fsp3) is 0.720. The highest BCUT2D eigenvalue weighted by atomic mass is 32.2. The van der Waals surface area contributed by atoms with Crippen LogP contribution in [0.4, 0.5) is 0 Å². The van der Waals surface area contributed by atoms with Crippen molar-refractivity contribution in [2.45, 2.75) is 115 Å². The summed E-state index contributed by atoms with van der Waals surface area (Å²) in [6, 6.07) is 4.13. The number of carboxylic acid groups (broad SMARTS) is 1. The van der Waals surface area contributed by atoms with Gasteiger partial charge in [-0.1, -0.05) is 93.2 Å². The smallest absolute Gasteiger partial charge is 0.319 e. The van der Waals surface area contributed by atoms with Crippen LogP contribution in [0.15, 0.2) is 12.1 Å². The predicted molar refractivity (Wildman–Crippen MR) is 126 cm³/mol. The van der Waals surface area contributed by atoms with E-state index in [2.05, 4.69) is 60.6 Å². The molecule has 29 heavy (non-hydrogen) atoms. The van der Waals surface area contributed by atoms with Crippen LogP contribution in [-0.4, -0.2) is 20.9 Å². The molecule has 1 rings (SSSR count). The van der Waals surface area contributed by atoms with E-state index in [0.29, 0.717) is 24.3 Å². The first-order valence-electron chi connectivity index (χ1n) is 11.0. The average Bonchev–Trinajstić information content (AvgIpc) is 2.60. The fourth-order valence-electron chi connectivity index (χ4n) is 3.65. The molecule has 0 radical (unpaired) electrons. The minimum Gasteiger partial charge on any atom is -0.507 e. The van der Waals surface area contributed by atoms with Crippen LogP contribution in [0, 0.1) is 0 Å². The minimum absolute atomic E-state index is 0.181. The van der Waals surface area contributed by atoms with Crippen LogP contribution in [-0.2, 0) is 21.4 Å². The minimum atomic E-state index is -0.741. The van der Waals surface area contributed by atoms with Crippen molar-refractivity contribution in [3.05, 3.63) is 28.8 Å². The molecule has 3 nitrogen and oxygen atoms in total. The Morgan fingerprint density at radius 3 is 1.83 bits per heavy atom. The SMILES string of the molecule is CCCCCCC(CC)(SCc1cc(C(C)(C)C)c(O)c(C(C)(C)C)c1)C(=O)O. The number of hydrogen-bond acceptors (Lipinski definition) is 3. The maximum absolute atomic E-state index is 12.2. The van der Waals surface area contributed by atoms with Gasteiger partial charge in [-0.15, -0.1) is 11.8 Å². The van der Waals surface area contributed by atoms with E-state index in [1.807, 2.05) is 6.92 Å². The Bertz CT molecular complexity index is 647. The molecule has 4 heteroatoms. The van der Waals surface area contributed by atoms with Crippen LogP contribution in [0.2, 0.25) is 0 Å². The molecule has 0 saturated heterocycles. The van der Waals surface area contributed by atoms with Gasteiger partial charge in [0, 0.05) is 5.75 Å². The first kappa shape index (κ1) is 25.9. The highest BCUT2D eigenvalue weighted by molar-refractivity contribution is 8.00. The topological polar surface area (TPSA) is 57.5 Å². The molecule has 0 spiro atoms. The number of aromatic hydroxyl groups is 1. The van der Waals surface area contributed by atoms with Gasteiger partial charge in [0.25, 0.3) is 0 Å². The monoisotopic (exact) mass is 422 g/mol. The van der Waals surface area contributed by atoms with Crippen molar-refractivity contribution in [2.24, 2.45) is 0 Å². The van der Waals surface area contributed by atoms with Crippen molar-refractivity contribution in [2.75, 3.05) is 0 Å². The van der Waals surface area contributed by atoms with Gasteiger partial charge in [-0.3, -0.25) is 4.79 Å². The zero-order valence-corrected chi connectivity index (χ0v) is 20.6. The number of carbonyl (C=O) groups is 1. The first-order chi connectivity index (χ1) is 13.3. The van der Waals surface area contributed by atoms with E-state index in [9.17, 15) is 15.0 Å². The Balaban J connectivity index is 3.21. The van der Waals surface area contributed by atoms with E-state index in [0.717, 1.165) is 42.4 Å². The molecule has 0 aliphatic rings. The Morgan fingerprint density at radius 2 is 1.45 bits per heavy atom. The Hall–Kier alpha value is -1.16. The molecule has 1 unspecified atom stereocenters. The van der Waals surface area contributed by atoms with Gasteiger partial charge in [0.05, 0.1) is 0 Å². The van der Waals surface area contributed by atoms with Crippen LogP contribution in [0.3, 0.4) is 0 Å². The van der Waals surface area contributed by atoms with Crippen molar-refractivity contribution in [3.8, 4) is 5.75 Å². The molecule has 0 aliphatic carbocycles. The summed E-state index contributed by atoms with van der Waals surface area (Å²) >= 11 is 1.55. The van der Waals surface area contributed by atoms with Gasteiger partial charge in [0.15, 0.2) is 0 Å². The molecule has 166 valence electrons. The maximum Gasteiger partial charge on any atom is 0.319 e. The van der Waals surface area contributed by atoms with Gasteiger partial charge >= 0.3 is 5.97 Å². The molecule has 0 aliphatic heterocycles. The standard InChI is InChI=1S/C25H42O3S/c1-9-11-12-13-14-25(10-2,22(27)28)29-17-18-15-19(23(3,4)5)21(26)20(16-18)24(6,7)8/h15-16,26H,9-14,17H2,1-8H3,(H,27,28). The summed E-state index contributed by atoms with van der Waals surface area (Å²) in [6.45, 7) is 16.8. The number of thioether (sulfide) groups is 1. The first-order valence-corrected chi connectivity index (χ1v) is 12.0. The summed E-state index contributed by atoms with van der Waals surface area (Å²) < 4.78 is -0.741. The molecule has 2 N–H and O–H groups in total. The maximum atomic E-state index is 12.2. The van der Waals surface area contributed by atoms with Crippen LogP contribution >= 0.6 is 11.8 Å². The van der Waals surface area contributed by atoms with Gasteiger partial charge in [-0.25, -0.2) is 0 Å². The second kappa shape index (κ2) is 10.2. The molecule has 0 heterocycles. The fourth-order valence-corrected chi connectivity index (χ4v) is 4.88. The summed E-state index contributed by atoms with van der Waals surface area (Å²) in [7, 11) is 0. The lowest BCUT2D eigenvalue weighted by molar-refractivity contribution is -0.140. The van der Waals surface area contributed by atoms with Crippen molar-refractivity contribution < 1.29 is 15.0 Å². The Morgan fingerprint density at radius 1 is 0.931 bits per heavy atom. The van der Waals surface area contributed by atoms with Gasteiger partial charge in [0.2, 0.25) is 0 Å². The molecular weight excluding hydrogens is 380 g/mol. The number of benzene rings is 1. The summed E-state index contributed by atoms with van der Waals surface area (Å²) in [5.41, 5.74) is 2.59. The number of unbranched alkanes of at least 4 members (excludes halogenated alkanes) is 3. The third-order valence-corrected chi connectivity index (χ3v) is 7.39. The van der Waals surface area contributed by atoms with E-state index < -0.39 is 10.7 Å². The van der Waals surface area contributed by atoms with Gasteiger partial charge in [0.1, 0.15) is 10.5 Å². The Labute approximate surface area is 182 Å². The zero-order chi connectivity index (χ0) is 22.5. The van der Waals surface area contributed by atoms with Crippen molar-refractivity contribution in [3.63, 3.8) is 0 Å². The van der Waals surface area contributed by atoms with E-state index in [4.69, 9.17) is 0 Å². The van der Waals surface area contributed by atoms with Crippen molar-refractivity contribution in [1.29, 1.82) is 0 Å². The lowest BCUT2D eigenvalue weighted by Crippen LogP contribution is -2.34. The van der Waals surface area contributed by atoms with Crippen molar-refractivity contribution >= 4 is 17.7 Å². The number of rotatable bonds is 10. The summed E-state index contributed by atoms with van der Waals surface area (Å²) in [5, 5.41) is 20.9. The molecule has 1 atom stereocenters. The molecule has 0 aromatic heterocycles. The second-order valence-corrected chi connectivity index (χ2v) is 11.7. The molecule has 1 aromatic rings. The highest BCUT2D eigenvalue weighted by Gasteiger charge is 2.37. The van der Waals surface area contributed by atoms with Crippen molar-refractivity contribution in [1.82, 2.24) is 0 Å². The molecule has 0 bridgehead atoms. The second-order valence-electron chi connectivity index (χ2n) is 10.3. The van der Waals surface area contributed by atoms with E-state index in [-0.39, 0.29) is 10.8 Å². The summed E-state index contributed by atoms with van der Waals surface area (Å²) in [6.07, 6.45) is 5.68. The molecule has 0 amide bonds. The van der Waals surface area contributed by atoms with E-state index in [1.165, 1.54) is 0 Å². The molecule has 0 saturated carbocycles. The third kappa shape index (κ3) is 6.94. The van der Waals surface area contributed by atoms with E-state index >= 15 is 0 Å². The number of aliphatic carboxylic acids is 1. The number of phenols is 1. The lowest BCUT2D eigenvalue weighted by atomic mass is 9.78. The predicted octanol–water partition coefficient (Wildman–Crippen LogP) is 7.42. The van der Waals surface area contributed by atoms with Gasteiger partial charge < -0.3 is 10.2 Å². The quantitative estimate of drug-likeness (QED) is 0.385. The Kier molecular flexibility index (Phi) is 9.13. The summed E-state index contributed by atoms with van der Waals surface area (Å²) in [4.78, 5) is 12.2. The summed E-state index contributed by atoms with van der Waals surface area (Å²) in [5.74, 6) is 0.311. The van der Waals surface area contributed by atoms with Crippen LogP contribution in [0.5, 0.6) is 5.75 Å².